The third-order valence-corrected chi connectivity index (χ3v) is 4.62. The second-order valence-electron chi connectivity index (χ2n) is 5.76. The van der Waals surface area contributed by atoms with Crippen molar-refractivity contribution in [2.24, 2.45) is 17.8 Å². The Kier molecular flexibility index (Phi) is 1.98. The van der Waals surface area contributed by atoms with Crippen molar-refractivity contribution in [1.82, 2.24) is 0 Å². The zero-order valence-corrected chi connectivity index (χ0v) is 9.82. The SMILES string of the molecule is O=C(c1ccc2c(c1)COC2)C1CC2CC2C1. The molecule has 2 heteroatoms. The first-order chi connectivity index (χ1) is 8.31. The molecule has 1 aromatic carbocycles. The van der Waals surface area contributed by atoms with E-state index >= 15 is 0 Å². The predicted octanol–water partition coefficient (Wildman–Crippen LogP) is 2.95. The highest BCUT2D eigenvalue weighted by Gasteiger charge is 2.47. The van der Waals surface area contributed by atoms with E-state index in [1.54, 1.807) is 0 Å². The van der Waals surface area contributed by atoms with E-state index in [-0.39, 0.29) is 0 Å². The summed E-state index contributed by atoms with van der Waals surface area (Å²) in [4.78, 5) is 12.4. The lowest BCUT2D eigenvalue weighted by Crippen LogP contribution is -2.13. The van der Waals surface area contributed by atoms with E-state index in [0.29, 0.717) is 24.9 Å². The number of hydrogen-bond acceptors (Lipinski definition) is 2. The highest BCUT2D eigenvalue weighted by Crippen LogP contribution is 2.54. The van der Waals surface area contributed by atoms with Crippen LogP contribution in [0.4, 0.5) is 0 Å². The molecular formula is C15H16O2. The third kappa shape index (κ3) is 1.54. The normalized spacial score (nSPS) is 33.3. The largest absolute Gasteiger partial charge is 0.372 e. The van der Waals surface area contributed by atoms with Gasteiger partial charge in [0.15, 0.2) is 5.78 Å². The molecule has 2 saturated carbocycles. The van der Waals surface area contributed by atoms with Crippen LogP contribution in [-0.4, -0.2) is 5.78 Å². The molecule has 2 nitrogen and oxygen atoms in total. The van der Waals surface area contributed by atoms with Crippen LogP contribution < -0.4 is 0 Å². The van der Waals surface area contributed by atoms with Crippen LogP contribution >= 0.6 is 0 Å². The zero-order chi connectivity index (χ0) is 11.4. The van der Waals surface area contributed by atoms with Gasteiger partial charge in [0.2, 0.25) is 0 Å². The van der Waals surface area contributed by atoms with Gasteiger partial charge in [0.25, 0.3) is 0 Å². The molecule has 17 heavy (non-hydrogen) atoms. The van der Waals surface area contributed by atoms with Crippen molar-refractivity contribution in [3.63, 3.8) is 0 Å². The van der Waals surface area contributed by atoms with Crippen LogP contribution in [0.25, 0.3) is 0 Å². The van der Waals surface area contributed by atoms with Gasteiger partial charge in [-0.25, -0.2) is 0 Å². The number of carbonyl (C=O) groups is 1. The number of carbonyl (C=O) groups excluding carboxylic acids is 1. The van der Waals surface area contributed by atoms with Gasteiger partial charge >= 0.3 is 0 Å². The fraction of sp³-hybridized carbons (Fsp3) is 0.533. The molecule has 88 valence electrons. The average Bonchev–Trinajstić information content (AvgIpc) is 2.82. The van der Waals surface area contributed by atoms with Gasteiger partial charge in [-0.2, -0.15) is 0 Å². The molecule has 2 unspecified atom stereocenters. The zero-order valence-electron chi connectivity index (χ0n) is 9.82. The van der Waals surface area contributed by atoms with Crippen molar-refractivity contribution >= 4 is 5.78 Å². The minimum absolute atomic E-state index is 0.305. The molecule has 0 spiro atoms. The van der Waals surface area contributed by atoms with Crippen molar-refractivity contribution in [1.29, 1.82) is 0 Å². The molecular weight excluding hydrogens is 212 g/mol. The van der Waals surface area contributed by atoms with E-state index in [0.717, 1.165) is 30.2 Å². The highest BCUT2D eigenvalue weighted by atomic mass is 16.5. The summed E-state index contributed by atoms with van der Waals surface area (Å²) in [5.41, 5.74) is 3.36. The van der Waals surface area contributed by atoms with E-state index in [9.17, 15) is 4.79 Å². The van der Waals surface area contributed by atoms with Crippen molar-refractivity contribution in [2.45, 2.75) is 32.5 Å². The number of benzene rings is 1. The summed E-state index contributed by atoms with van der Waals surface area (Å²) in [7, 11) is 0. The maximum atomic E-state index is 12.4. The monoisotopic (exact) mass is 228 g/mol. The van der Waals surface area contributed by atoms with Gasteiger partial charge in [-0.05, 0) is 48.3 Å². The van der Waals surface area contributed by atoms with Gasteiger partial charge in [0.05, 0.1) is 13.2 Å². The first-order valence-corrected chi connectivity index (χ1v) is 6.55. The molecule has 2 aliphatic carbocycles. The highest BCUT2D eigenvalue weighted by molar-refractivity contribution is 5.98. The Morgan fingerprint density at radius 2 is 1.82 bits per heavy atom. The molecule has 0 aromatic heterocycles. The van der Waals surface area contributed by atoms with E-state index in [1.165, 1.54) is 17.5 Å². The van der Waals surface area contributed by atoms with Crippen LogP contribution in [0, 0.1) is 17.8 Å². The Balaban J connectivity index is 1.59. The van der Waals surface area contributed by atoms with Crippen LogP contribution in [0.1, 0.15) is 40.7 Å². The van der Waals surface area contributed by atoms with Gasteiger partial charge in [-0.3, -0.25) is 4.79 Å². The quantitative estimate of drug-likeness (QED) is 0.727. The smallest absolute Gasteiger partial charge is 0.165 e. The Hall–Kier alpha value is -1.15. The van der Waals surface area contributed by atoms with E-state index < -0.39 is 0 Å². The van der Waals surface area contributed by atoms with Gasteiger partial charge in [0.1, 0.15) is 0 Å². The van der Waals surface area contributed by atoms with Crippen LogP contribution in [0.2, 0.25) is 0 Å². The minimum atomic E-state index is 0.305. The Labute approximate surface area is 101 Å². The van der Waals surface area contributed by atoms with Crippen molar-refractivity contribution in [2.75, 3.05) is 0 Å². The van der Waals surface area contributed by atoms with Crippen molar-refractivity contribution < 1.29 is 9.53 Å². The molecule has 0 saturated heterocycles. The summed E-state index contributed by atoms with van der Waals surface area (Å²) in [5.74, 6) is 2.43. The fourth-order valence-corrected chi connectivity index (χ4v) is 3.49. The third-order valence-electron chi connectivity index (χ3n) is 4.62. The molecule has 2 atom stereocenters. The molecule has 0 bridgehead atoms. The van der Waals surface area contributed by atoms with Gasteiger partial charge in [-0.1, -0.05) is 12.1 Å². The van der Waals surface area contributed by atoms with E-state index in [2.05, 4.69) is 12.1 Å². The molecule has 1 aliphatic heterocycles. The van der Waals surface area contributed by atoms with Crippen LogP contribution in [0.5, 0.6) is 0 Å². The Morgan fingerprint density at radius 1 is 1.06 bits per heavy atom. The van der Waals surface area contributed by atoms with Gasteiger partial charge in [-0.15, -0.1) is 0 Å². The van der Waals surface area contributed by atoms with Gasteiger partial charge < -0.3 is 4.74 Å². The lowest BCUT2D eigenvalue weighted by Gasteiger charge is -2.11. The first-order valence-electron chi connectivity index (χ1n) is 6.55. The Bertz CT molecular complexity index is 482. The number of ketones is 1. The van der Waals surface area contributed by atoms with Crippen LogP contribution in [-0.2, 0) is 18.0 Å². The maximum absolute atomic E-state index is 12.4. The first kappa shape index (κ1) is 9.84. The van der Waals surface area contributed by atoms with Crippen molar-refractivity contribution in [3.8, 4) is 0 Å². The second-order valence-corrected chi connectivity index (χ2v) is 5.76. The molecule has 0 radical (unpaired) electrons. The molecule has 1 heterocycles. The number of hydrogen-bond donors (Lipinski definition) is 0. The fourth-order valence-electron chi connectivity index (χ4n) is 3.49. The summed E-state index contributed by atoms with van der Waals surface area (Å²) in [5, 5.41) is 0. The maximum Gasteiger partial charge on any atom is 0.165 e. The lowest BCUT2D eigenvalue weighted by atomic mass is 9.92. The predicted molar refractivity (Wildman–Crippen MR) is 63.6 cm³/mol. The van der Waals surface area contributed by atoms with Crippen molar-refractivity contribution in [3.05, 3.63) is 34.9 Å². The Morgan fingerprint density at radius 3 is 2.65 bits per heavy atom. The molecule has 2 fully saturated rings. The second kappa shape index (κ2) is 3.42. The average molecular weight is 228 g/mol. The summed E-state index contributed by atoms with van der Waals surface area (Å²) >= 11 is 0. The molecule has 4 rings (SSSR count). The van der Waals surface area contributed by atoms with Gasteiger partial charge in [0, 0.05) is 11.5 Å². The minimum Gasteiger partial charge on any atom is -0.372 e. The number of rotatable bonds is 2. The molecule has 3 aliphatic rings. The summed E-state index contributed by atoms with van der Waals surface area (Å²) in [6, 6.07) is 6.10. The lowest BCUT2D eigenvalue weighted by molar-refractivity contribution is 0.0914. The molecule has 0 N–H and O–H groups in total. The number of ether oxygens (including phenoxy) is 1. The summed E-state index contributed by atoms with van der Waals surface area (Å²) in [6.07, 6.45) is 3.65. The van der Waals surface area contributed by atoms with Crippen LogP contribution in [0.3, 0.4) is 0 Å². The number of fused-ring (bicyclic) bond motifs is 2. The summed E-state index contributed by atoms with van der Waals surface area (Å²) < 4.78 is 5.39. The molecule has 1 aromatic rings. The molecule has 0 amide bonds. The summed E-state index contributed by atoms with van der Waals surface area (Å²) in [6.45, 7) is 1.38. The van der Waals surface area contributed by atoms with E-state index in [1.807, 2.05) is 6.07 Å². The van der Waals surface area contributed by atoms with Crippen LogP contribution in [0.15, 0.2) is 18.2 Å². The standard InChI is InChI=1S/C15H16O2/c16-15(13-5-11-4-12(11)6-13)9-1-2-10-7-17-8-14(10)3-9/h1-3,11-13H,4-8H2. The topological polar surface area (TPSA) is 26.3 Å². The van der Waals surface area contributed by atoms with E-state index in [4.69, 9.17) is 4.74 Å². The number of Topliss-reactive ketones (excluding diaryl/α,β-unsaturated/α-hetero) is 1.